The molecule has 0 unspecified atom stereocenters. The number of rotatable bonds is 2. The summed E-state index contributed by atoms with van der Waals surface area (Å²) in [6.45, 7) is 4.70. The van der Waals surface area contributed by atoms with Crippen molar-refractivity contribution in [3.63, 3.8) is 0 Å². The van der Waals surface area contributed by atoms with Crippen LogP contribution in [0.15, 0.2) is 12.4 Å². The van der Waals surface area contributed by atoms with E-state index in [0.717, 1.165) is 17.2 Å². The fourth-order valence-corrected chi connectivity index (χ4v) is 1.42. The minimum Gasteiger partial charge on any atom is -0.319 e. The molecule has 14 heavy (non-hydrogen) atoms. The van der Waals surface area contributed by atoms with E-state index in [1.165, 1.54) is 0 Å². The molecule has 2 aromatic rings. The maximum atomic E-state index is 4.36. The quantitative estimate of drug-likeness (QED) is 0.701. The molecular formula is C9H13N5. The number of aryl methyl sites for hydroxylation is 3. The van der Waals surface area contributed by atoms with E-state index in [9.17, 15) is 0 Å². The van der Waals surface area contributed by atoms with Crippen LogP contribution in [0.25, 0.3) is 0 Å². The van der Waals surface area contributed by atoms with Crippen molar-refractivity contribution < 1.29 is 0 Å². The molecule has 0 fully saturated rings. The first-order valence-corrected chi connectivity index (χ1v) is 4.51. The highest BCUT2D eigenvalue weighted by Gasteiger charge is 2.05. The topological polar surface area (TPSA) is 48.5 Å². The molecule has 0 bridgehead atoms. The van der Waals surface area contributed by atoms with Crippen LogP contribution in [0.4, 0.5) is 0 Å². The molecule has 0 aliphatic carbocycles. The lowest BCUT2D eigenvalue weighted by atomic mass is 10.4. The lowest BCUT2D eigenvalue weighted by Gasteiger charge is -2.02. The third kappa shape index (κ3) is 1.53. The minimum atomic E-state index is 0.677. The smallest absolute Gasteiger partial charge is 0.154 e. The van der Waals surface area contributed by atoms with Gasteiger partial charge in [-0.05, 0) is 19.9 Å². The van der Waals surface area contributed by atoms with Crippen molar-refractivity contribution in [1.82, 2.24) is 24.5 Å². The van der Waals surface area contributed by atoms with Gasteiger partial charge in [-0.15, -0.1) is 10.2 Å². The second-order valence-corrected chi connectivity index (χ2v) is 3.44. The molecule has 0 atom stereocenters. The van der Waals surface area contributed by atoms with Crippen LogP contribution in [0.1, 0.15) is 17.2 Å². The lowest BCUT2D eigenvalue weighted by molar-refractivity contribution is 0.611. The van der Waals surface area contributed by atoms with E-state index in [1.54, 1.807) is 6.33 Å². The Bertz CT molecular complexity index is 440. The maximum Gasteiger partial charge on any atom is 0.154 e. The molecule has 0 radical (unpaired) electrons. The van der Waals surface area contributed by atoms with Crippen molar-refractivity contribution in [3.8, 4) is 0 Å². The van der Waals surface area contributed by atoms with Gasteiger partial charge < -0.3 is 4.57 Å². The van der Waals surface area contributed by atoms with Crippen molar-refractivity contribution in [2.24, 2.45) is 7.05 Å². The summed E-state index contributed by atoms with van der Waals surface area (Å²) in [5.41, 5.74) is 2.18. The second-order valence-electron chi connectivity index (χ2n) is 3.44. The Morgan fingerprint density at radius 2 is 2.14 bits per heavy atom. The molecule has 0 aromatic carbocycles. The van der Waals surface area contributed by atoms with Crippen molar-refractivity contribution in [2.45, 2.75) is 20.4 Å². The molecule has 0 amide bonds. The summed E-state index contributed by atoms with van der Waals surface area (Å²) in [5.74, 6) is 0.913. The molecule has 0 N–H and O–H groups in total. The van der Waals surface area contributed by atoms with Gasteiger partial charge in [0, 0.05) is 12.7 Å². The fourth-order valence-electron chi connectivity index (χ4n) is 1.42. The van der Waals surface area contributed by atoms with E-state index in [1.807, 2.05) is 30.1 Å². The first kappa shape index (κ1) is 8.93. The van der Waals surface area contributed by atoms with Crippen LogP contribution in [0.3, 0.4) is 0 Å². The van der Waals surface area contributed by atoms with E-state index in [-0.39, 0.29) is 0 Å². The van der Waals surface area contributed by atoms with Crippen molar-refractivity contribution in [1.29, 1.82) is 0 Å². The average molecular weight is 191 g/mol. The zero-order valence-corrected chi connectivity index (χ0v) is 8.60. The molecule has 0 aliphatic rings. The Balaban J connectivity index is 2.27. The van der Waals surface area contributed by atoms with Gasteiger partial charge in [0.15, 0.2) is 5.82 Å². The standard InChI is InChI=1S/C9H13N5/c1-7-4-8(2)14(12-7)5-9-11-10-6-13(9)3/h4,6H,5H2,1-3H3. The zero-order chi connectivity index (χ0) is 10.1. The SMILES string of the molecule is Cc1cc(C)n(Cc2nncn2C)n1. The number of nitrogens with zero attached hydrogens (tertiary/aromatic N) is 5. The van der Waals surface area contributed by atoms with Crippen LogP contribution in [-0.4, -0.2) is 24.5 Å². The summed E-state index contributed by atoms with van der Waals surface area (Å²) in [6, 6.07) is 2.05. The minimum absolute atomic E-state index is 0.677. The molecular weight excluding hydrogens is 178 g/mol. The monoisotopic (exact) mass is 191 g/mol. The van der Waals surface area contributed by atoms with Crippen LogP contribution in [0, 0.1) is 13.8 Å². The van der Waals surface area contributed by atoms with Crippen molar-refractivity contribution in [2.75, 3.05) is 0 Å². The van der Waals surface area contributed by atoms with E-state index >= 15 is 0 Å². The summed E-state index contributed by atoms with van der Waals surface area (Å²) in [4.78, 5) is 0. The Hall–Kier alpha value is -1.65. The summed E-state index contributed by atoms with van der Waals surface area (Å²) in [5, 5.41) is 12.2. The van der Waals surface area contributed by atoms with Crippen LogP contribution in [-0.2, 0) is 13.6 Å². The van der Waals surface area contributed by atoms with Gasteiger partial charge in [-0.3, -0.25) is 4.68 Å². The third-order valence-electron chi connectivity index (χ3n) is 2.20. The van der Waals surface area contributed by atoms with Gasteiger partial charge in [-0.25, -0.2) is 0 Å². The molecule has 2 rings (SSSR count). The highest BCUT2D eigenvalue weighted by molar-refractivity contribution is 5.07. The Labute approximate surface area is 82.4 Å². The van der Waals surface area contributed by atoms with Gasteiger partial charge in [0.1, 0.15) is 12.9 Å². The third-order valence-corrected chi connectivity index (χ3v) is 2.20. The van der Waals surface area contributed by atoms with Gasteiger partial charge in [0.2, 0.25) is 0 Å². The zero-order valence-electron chi connectivity index (χ0n) is 8.60. The van der Waals surface area contributed by atoms with Crippen molar-refractivity contribution in [3.05, 3.63) is 29.6 Å². The van der Waals surface area contributed by atoms with Crippen molar-refractivity contribution >= 4 is 0 Å². The van der Waals surface area contributed by atoms with Gasteiger partial charge in [0.25, 0.3) is 0 Å². The number of aromatic nitrogens is 5. The molecule has 2 heterocycles. The van der Waals surface area contributed by atoms with E-state index in [0.29, 0.717) is 6.54 Å². The van der Waals surface area contributed by atoms with Gasteiger partial charge in [-0.1, -0.05) is 0 Å². The lowest BCUT2D eigenvalue weighted by Crippen LogP contribution is -2.08. The normalized spacial score (nSPS) is 10.8. The van der Waals surface area contributed by atoms with Crippen LogP contribution in [0.2, 0.25) is 0 Å². The Kier molecular flexibility index (Phi) is 2.07. The molecule has 0 aliphatic heterocycles. The first-order valence-electron chi connectivity index (χ1n) is 4.51. The predicted molar refractivity (Wildman–Crippen MR) is 51.8 cm³/mol. The van der Waals surface area contributed by atoms with E-state index in [2.05, 4.69) is 21.4 Å². The highest BCUT2D eigenvalue weighted by atomic mass is 15.3. The van der Waals surface area contributed by atoms with Crippen LogP contribution in [0.5, 0.6) is 0 Å². The summed E-state index contributed by atoms with van der Waals surface area (Å²) < 4.78 is 3.83. The second kappa shape index (κ2) is 3.25. The van der Waals surface area contributed by atoms with Gasteiger partial charge in [-0.2, -0.15) is 5.10 Å². The number of hydrogen-bond acceptors (Lipinski definition) is 3. The molecule has 0 saturated carbocycles. The molecule has 74 valence electrons. The van der Waals surface area contributed by atoms with Gasteiger partial charge >= 0.3 is 0 Å². The number of hydrogen-bond donors (Lipinski definition) is 0. The first-order chi connectivity index (χ1) is 6.66. The van der Waals surface area contributed by atoms with E-state index in [4.69, 9.17) is 0 Å². The maximum absolute atomic E-state index is 4.36. The molecule has 5 nitrogen and oxygen atoms in total. The molecule has 0 saturated heterocycles. The summed E-state index contributed by atoms with van der Waals surface area (Å²) >= 11 is 0. The van der Waals surface area contributed by atoms with Gasteiger partial charge in [0.05, 0.1) is 5.69 Å². The van der Waals surface area contributed by atoms with E-state index < -0.39 is 0 Å². The summed E-state index contributed by atoms with van der Waals surface area (Å²) in [7, 11) is 1.93. The van der Waals surface area contributed by atoms with Crippen LogP contribution >= 0.6 is 0 Å². The average Bonchev–Trinajstić information content (AvgIpc) is 2.62. The van der Waals surface area contributed by atoms with Crippen LogP contribution < -0.4 is 0 Å². The Morgan fingerprint density at radius 3 is 2.64 bits per heavy atom. The Morgan fingerprint density at radius 1 is 1.36 bits per heavy atom. The molecule has 5 heteroatoms. The fraction of sp³-hybridized carbons (Fsp3) is 0.444. The highest BCUT2D eigenvalue weighted by Crippen LogP contribution is 2.04. The largest absolute Gasteiger partial charge is 0.319 e. The summed E-state index contributed by atoms with van der Waals surface area (Å²) in [6.07, 6.45) is 1.70. The predicted octanol–water partition coefficient (Wildman–Crippen LogP) is 0.677. The molecule has 0 spiro atoms. The molecule has 2 aromatic heterocycles.